The van der Waals surface area contributed by atoms with E-state index in [-0.39, 0.29) is 39.9 Å². The minimum absolute atomic E-state index is 0.00380. The van der Waals surface area contributed by atoms with Crippen LogP contribution >= 0.6 is 0 Å². The molecule has 26 atom stereocenters. The van der Waals surface area contributed by atoms with Crippen molar-refractivity contribution in [3.8, 4) is 0 Å². The molecule has 17 heteroatoms. The van der Waals surface area contributed by atoms with Gasteiger partial charge in [-0.2, -0.15) is 0 Å². The lowest BCUT2D eigenvalue weighted by molar-refractivity contribution is -0.368. The van der Waals surface area contributed by atoms with Gasteiger partial charge in [0, 0.05) is 0 Å². The Balaban J connectivity index is 0.975. The largest absolute Gasteiger partial charge is 0.394 e. The molecule has 3 aliphatic heterocycles. The number of hydrogen-bond acceptors (Lipinski definition) is 17. The number of hydrogen-bond donors (Lipinski definition) is 11. The lowest BCUT2D eigenvalue weighted by atomic mass is 9.33. The van der Waals surface area contributed by atoms with Crippen LogP contribution in [0.25, 0.3) is 0 Å². The van der Waals surface area contributed by atoms with Crippen molar-refractivity contribution in [3.63, 3.8) is 0 Å². The van der Waals surface area contributed by atoms with Crippen molar-refractivity contribution in [1.82, 2.24) is 0 Å². The second-order valence-corrected chi connectivity index (χ2v) is 22.0. The predicted molar refractivity (Wildman–Crippen MR) is 221 cm³/mol. The average molecular weight is 901 g/mol. The summed E-state index contributed by atoms with van der Waals surface area (Å²) in [6.07, 6.45) is -15.4. The number of rotatable bonds is 9. The van der Waals surface area contributed by atoms with E-state index in [0.29, 0.717) is 25.2 Å². The van der Waals surface area contributed by atoms with Crippen molar-refractivity contribution in [2.75, 3.05) is 13.2 Å². The molecule has 0 unspecified atom stereocenters. The highest BCUT2D eigenvalue weighted by atomic mass is 16.8. The summed E-state index contributed by atoms with van der Waals surface area (Å²) < 4.78 is 36.1. The Bertz CT molecular complexity index is 1650. The van der Waals surface area contributed by atoms with Gasteiger partial charge < -0.3 is 84.6 Å². The van der Waals surface area contributed by atoms with E-state index in [0.717, 1.165) is 50.5 Å². The van der Waals surface area contributed by atoms with E-state index in [2.05, 4.69) is 34.3 Å². The molecular weight excluding hydrogens is 824 g/mol. The van der Waals surface area contributed by atoms with Crippen molar-refractivity contribution >= 4 is 0 Å². The zero-order valence-corrected chi connectivity index (χ0v) is 37.7. The Kier molecular flexibility index (Phi) is 13.3. The molecule has 0 aromatic rings. The molecular formula is C46H76O17. The molecule has 0 aromatic heterocycles. The Hall–Kier alpha value is -0.940. The van der Waals surface area contributed by atoms with E-state index < -0.39 is 123 Å². The molecule has 17 nitrogen and oxygen atoms in total. The highest BCUT2D eigenvalue weighted by molar-refractivity contribution is 5.23. The molecule has 362 valence electrons. The molecule has 5 saturated carbocycles. The lowest BCUT2D eigenvalue weighted by Crippen LogP contribution is -2.69. The minimum atomic E-state index is -1.80. The maximum Gasteiger partial charge on any atom is 0.187 e. The summed E-state index contributed by atoms with van der Waals surface area (Å²) in [5.41, 5.74) is -1.08. The first kappa shape index (κ1) is 48.5. The summed E-state index contributed by atoms with van der Waals surface area (Å²) in [6, 6.07) is 0. The monoisotopic (exact) mass is 901 g/mol. The Morgan fingerprint density at radius 2 is 1.29 bits per heavy atom. The molecule has 0 radical (unpaired) electrons. The number of ether oxygens (including phenoxy) is 6. The van der Waals surface area contributed by atoms with Gasteiger partial charge in [-0.3, -0.25) is 0 Å². The SMILES string of the molecule is C=C(C)[C@@H]1CC[C@]2(O[C@@H]3O[C@H](CO[C@@H]4O[C@H](CO)[C@@H](O[C@@H]5O[C@@H](C)[C@H](O)[C@@H](O)[C@H]5O)[C@H](O)[C@H]4O)[C@@H](O)[C@H](O)[C@H]3O)CC[C@]3(C)[C@@H](CC[C@@H]4[C@@]5(C)CC[C@H](O)[C@@](C)(O)[C@H]5CC[C@]43C)[C@@H]12. The second kappa shape index (κ2) is 17.2. The smallest absolute Gasteiger partial charge is 0.187 e. The van der Waals surface area contributed by atoms with Crippen molar-refractivity contribution in [2.45, 2.75) is 215 Å². The topological polar surface area (TPSA) is 278 Å². The molecule has 8 rings (SSSR count). The van der Waals surface area contributed by atoms with Gasteiger partial charge in [-0.1, -0.05) is 32.9 Å². The lowest BCUT2D eigenvalue weighted by Gasteiger charge is -2.72. The first-order chi connectivity index (χ1) is 29.5. The molecule has 63 heavy (non-hydrogen) atoms. The van der Waals surface area contributed by atoms with E-state index in [1.165, 1.54) is 6.92 Å². The molecule has 0 amide bonds. The van der Waals surface area contributed by atoms with E-state index in [4.69, 9.17) is 28.4 Å². The summed E-state index contributed by atoms with van der Waals surface area (Å²) in [5, 5.41) is 120. The standard InChI is InChI=1S/C46H76O17/c1-20(2)22-10-15-46(17-16-43(5)23(29(22)46)8-9-26-42(4)13-12-28(48)45(7,57)27(42)11-14-44(26,43)6)63-41-36(55)33(52)31(50)25(61-41)19-58-39-37(56)34(53)38(24(18-47)60-39)62-40-35(54)32(51)30(49)21(3)59-40/h21-41,47-57H,1,8-19H2,2-7H3/t21-,22-,23-,24+,25+,26+,27-,28-,29+,30-,31+,32+,33-,34+,35+,36+,37+,38+,39+,40-,41-,42+,43+,44+,45-,46-/m0/s1. The summed E-state index contributed by atoms with van der Waals surface area (Å²) in [6.45, 7) is 15.8. The van der Waals surface area contributed by atoms with Gasteiger partial charge >= 0.3 is 0 Å². The Morgan fingerprint density at radius 3 is 1.97 bits per heavy atom. The molecule has 0 spiro atoms. The van der Waals surface area contributed by atoms with Gasteiger partial charge in [-0.05, 0) is 131 Å². The molecule has 8 aliphatic rings. The minimum Gasteiger partial charge on any atom is -0.394 e. The fourth-order valence-electron chi connectivity index (χ4n) is 15.1. The Morgan fingerprint density at radius 1 is 0.635 bits per heavy atom. The van der Waals surface area contributed by atoms with Crippen LogP contribution < -0.4 is 0 Å². The van der Waals surface area contributed by atoms with Crippen LogP contribution in [0.2, 0.25) is 0 Å². The van der Waals surface area contributed by atoms with E-state index in [9.17, 15) is 56.2 Å². The summed E-state index contributed by atoms with van der Waals surface area (Å²) in [5.74, 6) is 0.757. The maximum absolute atomic E-state index is 11.7. The fourth-order valence-corrected chi connectivity index (χ4v) is 15.1. The molecule has 0 bridgehead atoms. The molecule has 5 aliphatic carbocycles. The third-order valence-corrected chi connectivity index (χ3v) is 19.0. The van der Waals surface area contributed by atoms with Crippen LogP contribution in [0.3, 0.4) is 0 Å². The third kappa shape index (κ3) is 7.54. The molecule has 8 fully saturated rings. The average Bonchev–Trinajstić information content (AvgIpc) is 3.62. The van der Waals surface area contributed by atoms with Crippen LogP contribution in [0.1, 0.15) is 106 Å². The quantitative estimate of drug-likeness (QED) is 0.107. The van der Waals surface area contributed by atoms with Gasteiger partial charge in [0.1, 0.15) is 67.1 Å². The van der Waals surface area contributed by atoms with Crippen molar-refractivity contribution in [1.29, 1.82) is 0 Å². The normalized spacial score (nSPS) is 58.3. The summed E-state index contributed by atoms with van der Waals surface area (Å²) >= 11 is 0. The first-order valence-electron chi connectivity index (χ1n) is 23.5. The molecule has 3 saturated heterocycles. The molecule has 11 N–H and O–H groups in total. The number of aliphatic hydroxyl groups excluding tert-OH is 10. The maximum atomic E-state index is 11.7. The zero-order valence-electron chi connectivity index (χ0n) is 37.7. The van der Waals surface area contributed by atoms with Crippen LogP contribution in [0.4, 0.5) is 0 Å². The van der Waals surface area contributed by atoms with Gasteiger partial charge in [-0.25, -0.2) is 0 Å². The summed E-state index contributed by atoms with van der Waals surface area (Å²) in [7, 11) is 0. The van der Waals surface area contributed by atoms with Gasteiger partial charge in [0.2, 0.25) is 0 Å². The van der Waals surface area contributed by atoms with E-state index in [1.54, 1.807) is 0 Å². The van der Waals surface area contributed by atoms with Gasteiger partial charge in [0.25, 0.3) is 0 Å². The first-order valence-corrected chi connectivity index (χ1v) is 23.5. The van der Waals surface area contributed by atoms with Crippen molar-refractivity contribution < 1.29 is 84.6 Å². The third-order valence-electron chi connectivity index (χ3n) is 19.0. The highest BCUT2D eigenvalue weighted by Crippen LogP contribution is 2.76. The van der Waals surface area contributed by atoms with Crippen LogP contribution in [0.5, 0.6) is 0 Å². The van der Waals surface area contributed by atoms with Crippen LogP contribution in [-0.2, 0) is 28.4 Å². The number of fused-ring (bicyclic) bond motifs is 7. The van der Waals surface area contributed by atoms with E-state index in [1.807, 2.05) is 6.92 Å². The van der Waals surface area contributed by atoms with Crippen LogP contribution in [-0.4, -0.2) is 179 Å². The Labute approximate surface area is 370 Å². The van der Waals surface area contributed by atoms with Gasteiger partial charge in [0.15, 0.2) is 18.9 Å². The molecule has 3 heterocycles. The number of aliphatic hydroxyl groups is 11. The number of allylic oxidation sites excluding steroid dienone is 1. The predicted octanol–water partition coefficient (Wildman–Crippen LogP) is -0.0254. The molecule has 0 aromatic carbocycles. The second-order valence-electron chi connectivity index (χ2n) is 22.0. The van der Waals surface area contributed by atoms with Crippen LogP contribution in [0.15, 0.2) is 12.2 Å². The van der Waals surface area contributed by atoms with Gasteiger partial charge in [0.05, 0.1) is 36.6 Å². The van der Waals surface area contributed by atoms with E-state index >= 15 is 0 Å². The summed E-state index contributed by atoms with van der Waals surface area (Å²) in [4.78, 5) is 0. The van der Waals surface area contributed by atoms with Crippen molar-refractivity contribution in [2.24, 2.45) is 45.8 Å². The fraction of sp³-hybridized carbons (Fsp3) is 0.957. The van der Waals surface area contributed by atoms with Gasteiger partial charge in [-0.15, -0.1) is 0 Å². The highest BCUT2D eigenvalue weighted by Gasteiger charge is 2.72. The van der Waals surface area contributed by atoms with Crippen molar-refractivity contribution in [3.05, 3.63) is 12.2 Å². The zero-order chi connectivity index (χ0) is 45.9. The van der Waals surface area contributed by atoms with Crippen LogP contribution in [0, 0.1) is 45.8 Å².